The number of aromatic nitrogens is 3. The van der Waals surface area contributed by atoms with Crippen molar-refractivity contribution in [1.82, 2.24) is 20.1 Å². The molecule has 5 aromatic rings. The van der Waals surface area contributed by atoms with E-state index in [1.54, 1.807) is 34.9 Å². The van der Waals surface area contributed by atoms with Crippen molar-refractivity contribution in [3.05, 3.63) is 142 Å². The van der Waals surface area contributed by atoms with Crippen molar-refractivity contribution >= 4 is 17.7 Å². The van der Waals surface area contributed by atoms with Crippen molar-refractivity contribution < 1.29 is 31.1 Å². The molecule has 0 aliphatic heterocycles. The number of halogens is 6. The standard InChI is InChI=1S/C33H26F6N4OS/c1-21-12-14-27(15-13-21)43-29(41-42-31(43)45-20-23-10-6-3-7-11-23)28(16-22-8-4-2-5-9-22)40-30(44)24-17-25(32(34,35)36)19-26(18-24)33(37,38)39/h2-15,17-19,28H,16,20H2,1H3,(H,40,44). The van der Waals surface area contributed by atoms with Gasteiger partial charge >= 0.3 is 12.4 Å². The van der Waals surface area contributed by atoms with Crippen LogP contribution in [0.4, 0.5) is 26.3 Å². The van der Waals surface area contributed by atoms with Gasteiger partial charge in [-0.05, 0) is 54.8 Å². The van der Waals surface area contributed by atoms with Crippen molar-refractivity contribution in [2.45, 2.75) is 42.6 Å². The molecule has 1 unspecified atom stereocenters. The number of hydrogen-bond acceptors (Lipinski definition) is 4. The van der Waals surface area contributed by atoms with E-state index in [-0.39, 0.29) is 18.3 Å². The van der Waals surface area contributed by atoms with Gasteiger partial charge in [0.15, 0.2) is 11.0 Å². The third kappa shape index (κ3) is 7.93. The molecule has 1 heterocycles. The van der Waals surface area contributed by atoms with Crippen molar-refractivity contribution in [2.24, 2.45) is 0 Å². The third-order valence-corrected chi connectivity index (χ3v) is 7.91. The van der Waals surface area contributed by atoms with Crippen LogP contribution < -0.4 is 5.32 Å². The predicted octanol–water partition coefficient (Wildman–Crippen LogP) is 8.62. The van der Waals surface area contributed by atoms with Crippen LogP contribution in [0.2, 0.25) is 0 Å². The fourth-order valence-electron chi connectivity index (χ4n) is 4.64. The molecular weight excluding hydrogens is 614 g/mol. The Balaban J connectivity index is 1.58. The Bertz CT molecular complexity index is 1720. The lowest BCUT2D eigenvalue weighted by molar-refractivity contribution is -0.143. The zero-order valence-electron chi connectivity index (χ0n) is 23.7. The summed E-state index contributed by atoms with van der Waals surface area (Å²) in [6, 6.07) is 25.9. The molecule has 0 saturated carbocycles. The van der Waals surface area contributed by atoms with E-state index in [0.29, 0.717) is 28.7 Å². The summed E-state index contributed by atoms with van der Waals surface area (Å²) >= 11 is 1.39. The maximum atomic E-state index is 13.6. The van der Waals surface area contributed by atoms with Crippen LogP contribution in [0.5, 0.6) is 0 Å². The summed E-state index contributed by atoms with van der Waals surface area (Å²) < 4.78 is 83.1. The molecule has 0 fully saturated rings. The van der Waals surface area contributed by atoms with Gasteiger partial charge in [0.1, 0.15) is 0 Å². The molecule has 12 heteroatoms. The number of amides is 1. The number of carbonyl (C=O) groups is 1. The van der Waals surface area contributed by atoms with Crippen LogP contribution in [0, 0.1) is 6.92 Å². The highest BCUT2D eigenvalue weighted by Gasteiger charge is 2.38. The lowest BCUT2D eigenvalue weighted by Crippen LogP contribution is -2.32. The number of nitrogens with one attached hydrogen (secondary N) is 1. The average molecular weight is 641 g/mol. The minimum absolute atomic E-state index is 0.0114. The molecule has 0 aliphatic rings. The van der Waals surface area contributed by atoms with Crippen LogP contribution in [-0.2, 0) is 24.5 Å². The number of aryl methyl sites for hydroxylation is 1. The zero-order valence-corrected chi connectivity index (χ0v) is 24.5. The smallest absolute Gasteiger partial charge is 0.342 e. The zero-order chi connectivity index (χ0) is 32.2. The lowest BCUT2D eigenvalue weighted by Gasteiger charge is -2.21. The Morgan fingerprint density at radius 2 is 1.33 bits per heavy atom. The van der Waals surface area contributed by atoms with Gasteiger partial charge in [0.25, 0.3) is 5.91 Å². The first-order chi connectivity index (χ1) is 21.4. The molecule has 5 rings (SSSR count). The molecule has 1 aromatic heterocycles. The van der Waals surface area contributed by atoms with E-state index in [1.165, 1.54) is 11.8 Å². The summed E-state index contributed by atoms with van der Waals surface area (Å²) in [5, 5.41) is 11.9. The molecule has 4 aromatic carbocycles. The van der Waals surface area contributed by atoms with E-state index in [2.05, 4.69) is 15.5 Å². The first-order valence-corrected chi connectivity index (χ1v) is 14.7. The number of benzene rings is 4. The van der Waals surface area contributed by atoms with Gasteiger partial charge in [-0.15, -0.1) is 10.2 Å². The van der Waals surface area contributed by atoms with Crippen molar-refractivity contribution in [1.29, 1.82) is 0 Å². The molecule has 232 valence electrons. The normalized spacial score (nSPS) is 12.6. The van der Waals surface area contributed by atoms with Crippen LogP contribution in [0.3, 0.4) is 0 Å². The van der Waals surface area contributed by atoms with Gasteiger partial charge in [-0.1, -0.05) is 90.1 Å². The lowest BCUT2D eigenvalue weighted by atomic mass is 10.0. The number of carbonyl (C=O) groups excluding carboxylic acids is 1. The molecule has 5 nitrogen and oxygen atoms in total. The molecule has 1 amide bonds. The Labute approximate surface area is 259 Å². The molecule has 0 saturated heterocycles. The Morgan fingerprint density at radius 3 is 1.89 bits per heavy atom. The number of rotatable bonds is 9. The molecule has 1 atom stereocenters. The Morgan fingerprint density at radius 1 is 0.778 bits per heavy atom. The minimum Gasteiger partial charge on any atom is -0.342 e. The van der Waals surface area contributed by atoms with E-state index in [1.807, 2.05) is 61.5 Å². The highest BCUT2D eigenvalue weighted by atomic mass is 32.2. The molecule has 0 aliphatic carbocycles. The molecular formula is C33H26F6N4OS. The van der Waals surface area contributed by atoms with Crippen LogP contribution in [0.1, 0.15) is 50.0 Å². The summed E-state index contributed by atoms with van der Waals surface area (Å²) in [5.74, 6) is -0.315. The number of alkyl halides is 6. The van der Waals surface area contributed by atoms with Crippen LogP contribution in [-0.4, -0.2) is 20.7 Å². The minimum atomic E-state index is -5.10. The molecule has 45 heavy (non-hydrogen) atoms. The van der Waals surface area contributed by atoms with Gasteiger partial charge in [-0.2, -0.15) is 26.3 Å². The molecule has 0 spiro atoms. The maximum Gasteiger partial charge on any atom is 0.416 e. The average Bonchev–Trinajstić information content (AvgIpc) is 3.44. The second kappa shape index (κ2) is 13.2. The highest BCUT2D eigenvalue weighted by molar-refractivity contribution is 7.98. The van der Waals surface area contributed by atoms with Crippen molar-refractivity contribution in [3.63, 3.8) is 0 Å². The number of hydrogen-bond donors (Lipinski definition) is 1. The van der Waals surface area contributed by atoms with Crippen molar-refractivity contribution in [3.8, 4) is 5.69 Å². The molecule has 1 N–H and O–H groups in total. The maximum absolute atomic E-state index is 13.6. The van der Waals surface area contributed by atoms with E-state index >= 15 is 0 Å². The summed E-state index contributed by atoms with van der Waals surface area (Å²) in [4.78, 5) is 13.5. The molecule has 0 radical (unpaired) electrons. The van der Waals surface area contributed by atoms with Gasteiger partial charge in [-0.25, -0.2) is 0 Å². The Hall–Kier alpha value is -4.58. The fraction of sp³-hybridized carbons (Fsp3) is 0.182. The van der Waals surface area contributed by atoms with Crippen LogP contribution >= 0.6 is 11.8 Å². The number of thioether (sulfide) groups is 1. The van der Waals surface area contributed by atoms with Gasteiger partial charge in [0.2, 0.25) is 0 Å². The largest absolute Gasteiger partial charge is 0.416 e. The van der Waals surface area contributed by atoms with Crippen LogP contribution in [0.25, 0.3) is 5.69 Å². The topological polar surface area (TPSA) is 59.8 Å². The Kier molecular flexibility index (Phi) is 9.33. The first kappa shape index (κ1) is 31.8. The summed E-state index contributed by atoms with van der Waals surface area (Å²) in [6.07, 6.45) is -10.1. The molecule has 0 bridgehead atoms. The van der Waals surface area contributed by atoms with Crippen LogP contribution in [0.15, 0.2) is 108 Å². The SMILES string of the molecule is Cc1ccc(-n2c(SCc3ccccc3)nnc2C(Cc2ccccc2)NC(=O)c2cc(C(F)(F)F)cc(C(F)(F)F)c2)cc1. The van der Waals surface area contributed by atoms with Gasteiger partial charge < -0.3 is 5.32 Å². The number of nitrogens with zero attached hydrogens (tertiary/aromatic N) is 3. The van der Waals surface area contributed by atoms with E-state index in [9.17, 15) is 31.1 Å². The van der Waals surface area contributed by atoms with E-state index in [0.717, 1.165) is 16.7 Å². The summed E-state index contributed by atoms with van der Waals surface area (Å²) in [5.41, 5.74) is -0.501. The fourth-order valence-corrected chi connectivity index (χ4v) is 5.56. The van der Waals surface area contributed by atoms with Gasteiger partial charge in [0, 0.05) is 17.0 Å². The van der Waals surface area contributed by atoms with E-state index < -0.39 is 41.0 Å². The second-order valence-corrected chi connectivity index (χ2v) is 11.2. The van der Waals surface area contributed by atoms with Gasteiger partial charge in [-0.3, -0.25) is 9.36 Å². The van der Waals surface area contributed by atoms with Crippen molar-refractivity contribution in [2.75, 3.05) is 0 Å². The quantitative estimate of drug-likeness (QED) is 0.130. The summed E-state index contributed by atoms with van der Waals surface area (Å²) in [6.45, 7) is 1.92. The second-order valence-electron chi connectivity index (χ2n) is 10.3. The van der Waals surface area contributed by atoms with E-state index in [4.69, 9.17) is 0 Å². The first-order valence-electron chi connectivity index (χ1n) is 13.7. The predicted molar refractivity (Wildman–Crippen MR) is 159 cm³/mol. The summed E-state index contributed by atoms with van der Waals surface area (Å²) in [7, 11) is 0. The van der Waals surface area contributed by atoms with Gasteiger partial charge in [0.05, 0.1) is 17.2 Å². The monoisotopic (exact) mass is 640 g/mol. The third-order valence-electron chi connectivity index (χ3n) is 6.91. The highest BCUT2D eigenvalue weighted by Crippen LogP contribution is 2.37.